The van der Waals surface area contributed by atoms with Gasteiger partial charge in [0.2, 0.25) is 11.8 Å². The molecule has 1 N–H and O–H groups in total. The molecule has 3 heterocycles. The van der Waals surface area contributed by atoms with Gasteiger partial charge in [0, 0.05) is 34.5 Å². The van der Waals surface area contributed by atoms with Gasteiger partial charge in [0.15, 0.2) is 0 Å². The molecule has 7 nitrogen and oxygen atoms in total. The second-order valence-electron chi connectivity index (χ2n) is 12.5. The molecule has 3 unspecified atom stereocenters. The number of amides is 3. The molecule has 2 aromatic carbocycles. The van der Waals surface area contributed by atoms with Gasteiger partial charge in [-0.1, -0.05) is 78.3 Å². The highest BCUT2D eigenvalue weighted by Crippen LogP contribution is 2.68. The van der Waals surface area contributed by atoms with Gasteiger partial charge in [-0.3, -0.25) is 14.4 Å². The number of hydrogen-bond acceptors (Lipinski definition) is 5. The standard InChI is InChI=1S/C35H42BrN3O4S/c1-7-17-37(24-15-10-9-11-16-24)32(41)27-28-33(42)39(26(20-40)21(3)4)31(35(28)19-25(36)30(27)44-35)34(43)38(18-8-2)29-22(5)13-12-14-23(29)6/h7-16,21,25-28,30-31,40H,1-2,17-20H2,3-6H3/t25?,26-,27+,28-,30+,31?,35?/m0/s1. The Kier molecular flexibility index (Phi) is 9.50. The number of aryl methyl sites for hydroxylation is 2. The maximum atomic E-state index is 15.1. The first-order valence-electron chi connectivity index (χ1n) is 15.2. The van der Waals surface area contributed by atoms with Gasteiger partial charge >= 0.3 is 0 Å². The lowest BCUT2D eigenvalue weighted by atomic mass is 9.70. The summed E-state index contributed by atoms with van der Waals surface area (Å²) in [6.07, 6.45) is 3.96. The van der Waals surface area contributed by atoms with Crippen LogP contribution in [0.2, 0.25) is 0 Å². The number of fused-ring (bicyclic) bond motifs is 1. The van der Waals surface area contributed by atoms with Crippen molar-refractivity contribution in [3.05, 3.63) is 85.0 Å². The summed E-state index contributed by atoms with van der Waals surface area (Å²) in [5.41, 5.74) is 3.44. The third kappa shape index (κ3) is 5.14. The molecule has 2 aromatic rings. The first-order chi connectivity index (χ1) is 21.0. The number of likely N-dealkylation sites (tertiary alicyclic amines) is 1. The summed E-state index contributed by atoms with van der Waals surface area (Å²) in [5.74, 6) is -2.04. The SMILES string of the molecule is C=CCN(C(=O)[C@H]1[C@@H]2SC3(CC2Br)C(C(=O)N(CC=C)c2c(C)cccc2C)N([C@@H](CO)C(C)C)C(=O)[C@H]13)c1ccccc1. The molecule has 1 spiro atoms. The Morgan fingerprint density at radius 2 is 1.66 bits per heavy atom. The molecule has 3 aliphatic heterocycles. The zero-order valence-electron chi connectivity index (χ0n) is 25.9. The van der Waals surface area contributed by atoms with E-state index in [-0.39, 0.29) is 46.9 Å². The molecule has 3 fully saturated rings. The van der Waals surface area contributed by atoms with E-state index < -0.39 is 28.7 Å². The fourth-order valence-electron chi connectivity index (χ4n) is 7.65. The monoisotopic (exact) mass is 679 g/mol. The van der Waals surface area contributed by atoms with Gasteiger partial charge < -0.3 is 19.8 Å². The number of carbonyl (C=O) groups excluding carboxylic acids is 3. The van der Waals surface area contributed by atoms with Crippen LogP contribution in [0, 0.1) is 31.6 Å². The normalized spacial score (nSPS) is 27.8. The number of aliphatic hydroxyl groups excluding tert-OH is 1. The number of thioether (sulfide) groups is 1. The van der Waals surface area contributed by atoms with Crippen LogP contribution in [0.15, 0.2) is 73.8 Å². The molecule has 2 bridgehead atoms. The van der Waals surface area contributed by atoms with Crippen molar-refractivity contribution in [2.75, 3.05) is 29.5 Å². The summed E-state index contributed by atoms with van der Waals surface area (Å²) in [6, 6.07) is 13.9. The Bertz CT molecular complexity index is 1430. The molecule has 9 heteroatoms. The first-order valence-corrected chi connectivity index (χ1v) is 17.0. The summed E-state index contributed by atoms with van der Waals surface area (Å²) in [5, 5.41) is 10.5. The summed E-state index contributed by atoms with van der Waals surface area (Å²) >= 11 is 5.49. The van der Waals surface area contributed by atoms with Crippen molar-refractivity contribution >= 4 is 56.8 Å². The number of halogens is 1. The maximum Gasteiger partial charge on any atom is 0.251 e. The second kappa shape index (κ2) is 12.9. The molecule has 0 saturated carbocycles. The fraction of sp³-hybridized carbons (Fsp3) is 0.457. The van der Waals surface area contributed by atoms with Crippen molar-refractivity contribution in [1.29, 1.82) is 0 Å². The number of nitrogens with zero attached hydrogens (tertiary/aromatic N) is 3. The molecule has 0 aromatic heterocycles. The summed E-state index contributed by atoms with van der Waals surface area (Å²) in [7, 11) is 0. The van der Waals surface area contributed by atoms with Crippen molar-refractivity contribution < 1.29 is 19.5 Å². The van der Waals surface area contributed by atoms with Crippen LogP contribution in [0.1, 0.15) is 31.4 Å². The highest BCUT2D eigenvalue weighted by molar-refractivity contribution is 9.09. The predicted molar refractivity (Wildman–Crippen MR) is 182 cm³/mol. The van der Waals surface area contributed by atoms with E-state index in [1.807, 2.05) is 76.2 Å². The average Bonchev–Trinajstić information content (AvgIpc) is 3.59. The molecule has 3 amide bonds. The number of anilines is 2. The summed E-state index contributed by atoms with van der Waals surface area (Å²) in [6.45, 7) is 16.0. The number of alkyl halides is 1. The maximum absolute atomic E-state index is 15.1. The zero-order chi connectivity index (χ0) is 31.9. The Balaban J connectivity index is 1.66. The van der Waals surface area contributed by atoms with E-state index in [1.54, 1.807) is 38.6 Å². The number of benzene rings is 2. The number of carbonyl (C=O) groups is 3. The minimum Gasteiger partial charge on any atom is -0.394 e. The highest BCUT2D eigenvalue weighted by atomic mass is 79.9. The molecule has 234 valence electrons. The van der Waals surface area contributed by atoms with Crippen LogP contribution in [-0.2, 0) is 14.4 Å². The van der Waals surface area contributed by atoms with Gasteiger partial charge in [-0.15, -0.1) is 24.9 Å². The van der Waals surface area contributed by atoms with Gasteiger partial charge in [0.25, 0.3) is 5.91 Å². The molecule has 3 aliphatic rings. The van der Waals surface area contributed by atoms with Crippen LogP contribution in [0.3, 0.4) is 0 Å². The third-order valence-corrected chi connectivity index (χ3v) is 12.7. The van der Waals surface area contributed by atoms with Crippen molar-refractivity contribution in [3.8, 4) is 0 Å². The van der Waals surface area contributed by atoms with E-state index in [9.17, 15) is 14.7 Å². The van der Waals surface area contributed by atoms with Crippen LogP contribution >= 0.6 is 27.7 Å². The molecule has 0 aliphatic carbocycles. The van der Waals surface area contributed by atoms with Gasteiger partial charge in [0.05, 0.1) is 29.2 Å². The van der Waals surface area contributed by atoms with E-state index in [0.717, 1.165) is 22.5 Å². The van der Waals surface area contributed by atoms with Crippen LogP contribution in [-0.4, -0.2) is 74.3 Å². The zero-order valence-corrected chi connectivity index (χ0v) is 28.3. The molecular formula is C35H42BrN3O4S. The Morgan fingerprint density at radius 3 is 2.23 bits per heavy atom. The molecule has 5 rings (SSSR count). The van der Waals surface area contributed by atoms with E-state index >= 15 is 4.79 Å². The summed E-state index contributed by atoms with van der Waals surface area (Å²) in [4.78, 5) is 49.5. The quantitative estimate of drug-likeness (QED) is 0.250. The number of rotatable bonds is 11. The molecular weight excluding hydrogens is 638 g/mol. The molecule has 7 atom stereocenters. The highest BCUT2D eigenvalue weighted by Gasteiger charge is 2.76. The Hall–Kier alpha value is -2.88. The van der Waals surface area contributed by atoms with Crippen LogP contribution < -0.4 is 9.80 Å². The third-order valence-electron chi connectivity index (χ3n) is 9.49. The molecule has 0 radical (unpaired) electrons. The lowest BCUT2D eigenvalue weighted by Crippen LogP contribution is -2.59. The summed E-state index contributed by atoms with van der Waals surface area (Å²) < 4.78 is -0.845. The molecule has 44 heavy (non-hydrogen) atoms. The topological polar surface area (TPSA) is 81.2 Å². The first kappa shape index (κ1) is 32.5. The van der Waals surface area contributed by atoms with Crippen molar-refractivity contribution in [3.63, 3.8) is 0 Å². The van der Waals surface area contributed by atoms with Crippen molar-refractivity contribution in [2.45, 2.75) is 61.0 Å². The van der Waals surface area contributed by atoms with Gasteiger partial charge in [-0.05, 0) is 49.4 Å². The fourth-order valence-corrected chi connectivity index (χ4v) is 11.2. The van der Waals surface area contributed by atoms with Crippen LogP contribution in [0.4, 0.5) is 11.4 Å². The Labute approximate surface area is 273 Å². The van der Waals surface area contributed by atoms with Gasteiger partial charge in [-0.25, -0.2) is 0 Å². The number of para-hydroxylation sites is 2. The van der Waals surface area contributed by atoms with Crippen LogP contribution in [0.5, 0.6) is 0 Å². The lowest BCUT2D eigenvalue weighted by molar-refractivity contribution is -0.142. The molecule has 3 saturated heterocycles. The average molecular weight is 681 g/mol. The number of hydrogen-bond donors (Lipinski definition) is 1. The largest absolute Gasteiger partial charge is 0.394 e. The second-order valence-corrected chi connectivity index (χ2v) is 15.2. The van der Waals surface area contributed by atoms with Crippen molar-refractivity contribution in [1.82, 2.24) is 4.90 Å². The van der Waals surface area contributed by atoms with E-state index in [4.69, 9.17) is 0 Å². The van der Waals surface area contributed by atoms with E-state index in [0.29, 0.717) is 13.0 Å². The predicted octanol–water partition coefficient (Wildman–Crippen LogP) is 5.52. The van der Waals surface area contributed by atoms with Crippen LogP contribution in [0.25, 0.3) is 0 Å². The van der Waals surface area contributed by atoms with E-state index in [1.165, 1.54) is 0 Å². The minimum absolute atomic E-state index is 0.0678. The van der Waals surface area contributed by atoms with Crippen molar-refractivity contribution in [2.24, 2.45) is 17.8 Å². The van der Waals surface area contributed by atoms with Gasteiger partial charge in [-0.2, -0.15) is 0 Å². The smallest absolute Gasteiger partial charge is 0.251 e. The van der Waals surface area contributed by atoms with E-state index in [2.05, 4.69) is 29.1 Å². The minimum atomic E-state index is -0.865. The Morgan fingerprint density at radius 1 is 1.05 bits per heavy atom. The number of aliphatic hydroxyl groups is 1. The lowest BCUT2D eigenvalue weighted by Gasteiger charge is -2.41. The van der Waals surface area contributed by atoms with Gasteiger partial charge in [0.1, 0.15) is 6.04 Å².